The van der Waals surface area contributed by atoms with Crippen LogP contribution in [0.25, 0.3) is 11.1 Å². The SMILES string of the molecule is CSN(Cc1cc(-c2ccccc2)cn(O)c1=O)c1ccc(Oc2ccc(C)cc2)cc1. The van der Waals surface area contributed by atoms with Crippen LogP contribution in [0.1, 0.15) is 11.1 Å². The maximum absolute atomic E-state index is 12.6. The van der Waals surface area contributed by atoms with E-state index < -0.39 is 5.56 Å². The van der Waals surface area contributed by atoms with Gasteiger partial charge >= 0.3 is 0 Å². The summed E-state index contributed by atoms with van der Waals surface area (Å²) in [6, 6.07) is 27.1. The van der Waals surface area contributed by atoms with Gasteiger partial charge in [0.05, 0.1) is 12.7 Å². The number of anilines is 1. The van der Waals surface area contributed by atoms with Crippen LogP contribution >= 0.6 is 11.9 Å². The zero-order chi connectivity index (χ0) is 22.5. The number of hydrogen-bond acceptors (Lipinski definition) is 5. The molecule has 0 radical (unpaired) electrons. The Kier molecular flexibility index (Phi) is 6.52. The van der Waals surface area contributed by atoms with Gasteiger partial charge in [0, 0.05) is 23.1 Å². The molecule has 1 heterocycles. The molecule has 162 valence electrons. The van der Waals surface area contributed by atoms with Crippen LogP contribution in [0, 0.1) is 6.92 Å². The van der Waals surface area contributed by atoms with Crippen LogP contribution in [0.15, 0.2) is 95.9 Å². The third-order valence-corrected chi connectivity index (χ3v) is 5.88. The Hall–Kier alpha value is -3.64. The highest BCUT2D eigenvalue weighted by atomic mass is 32.2. The van der Waals surface area contributed by atoms with Crippen molar-refractivity contribution in [2.75, 3.05) is 10.6 Å². The molecule has 1 N–H and O–H groups in total. The van der Waals surface area contributed by atoms with Crippen LogP contribution in [0.2, 0.25) is 0 Å². The number of pyridine rings is 1. The van der Waals surface area contributed by atoms with Gasteiger partial charge < -0.3 is 14.2 Å². The van der Waals surface area contributed by atoms with E-state index in [-0.39, 0.29) is 0 Å². The molecule has 0 aliphatic heterocycles. The van der Waals surface area contributed by atoms with Crippen molar-refractivity contribution in [3.63, 3.8) is 0 Å². The Labute approximate surface area is 191 Å². The van der Waals surface area contributed by atoms with E-state index in [1.807, 2.05) is 102 Å². The highest BCUT2D eigenvalue weighted by Gasteiger charge is 2.13. The normalized spacial score (nSPS) is 10.7. The minimum Gasteiger partial charge on any atom is -0.457 e. The van der Waals surface area contributed by atoms with E-state index in [0.29, 0.717) is 16.8 Å². The first-order chi connectivity index (χ1) is 15.5. The van der Waals surface area contributed by atoms with Crippen molar-refractivity contribution in [1.29, 1.82) is 0 Å². The summed E-state index contributed by atoms with van der Waals surface area (Å²) in [6.07, 6.45) is 3.40. The molecule has 0 unspecified atom stereocenters. The lowest BCUT2D eigenvalue weighted by Crippen LogP contribution is -2.26. The average Bonchev–Trinajstić information content (AvgIpc) is 2.82. The molecule has 0 aliphatic carbocycles. The Morgan fingerprint density at radius 2 is 1.53 bits per heavy atom. The second-order valence-corrected chi connectivity index (χ2v) is 8.20. The molecule has 4 aromatic rings. The molecule has 1 aromatic heterocycles. The first-order valence-corrected chi connectivity index (χ1v) is 11.4. The molecule has 4 rings (SSSR count). The molecule has 3 aromatic carbocycles. The summed E-state index contributed by atoms with van der Waals surface area (Å²) in [5.74, 6) is 1.52. The van der Waals surface area contributed by atoms with Crippen molar-refractivity contribution < 1.29 is 9.94 Å². The Bertz CT molecular complexity index is 1240. The molecule has 32 heavy (non-hydrogen) atoms. The van der Waals surface area contributed by atoms with Crippen LogP contribution in [-0.2, 0) is 6.54 Å². The molecule has 0 saturated carbocycles. The van der Waals surface area contributed by atoms with Crippen LogP contribution in [-0.4, -0.2) is 16.2 Å². The zero-order valence-corrected chi connectivity index (χ0v) is 18.8. The molecule has 6 heteroatoms. The lowest BCUT2D eigenvalue weighted by molar-refractivity contribution is 0.174. The number of aryl methyl sites for hydroxylation is 1. The third-order valence-electron chi connectivity index (χ3n) is 5.10. The van der Waals surface area contributed by atoms with Gasteiger partial charge in [0.1, 0.15) is 11.5 Å². The fourth-order valence-corrected chi connectivity index (χ4v) is 3.97. The summed E-state index contributed by atoms with van der Waals surface area (Å²) in [4.78, 5) is 12.6. The first-order valence-electron chi connectivity index (χ1n) is 10.2. The minimum atomic E-state index is -0.428. The summed E-state index contributed by atoms with van der Waals surface area (Å²) in [7, 11) is 0. The predicted octanol–water partition coefficient (Wildman–Crippen LogP) is 6.14. The molecule has 0 fully saturated rings. The fraction of sp³-hybridized carbons (Fsp3) is 0.115. The van der Waals surface area contributed by atoms with Crippen molar-refractivity contribution in [1.82, 2.24) is 4.73 Å². The van der Waals surface area contributed by atoms with E-state index in [2.05, 4.69) is 0 Å². The van der Waals surface area contributed by atoms with Gasteiger partial charge in [0.25, 0.3) is 5.56 Å². The van der Waals surface area contributed by atoms with Crippen LogP contribution < -0.4 is 14.6 Å². The van der Waals surface area contributed by atoms with Gasteiger partial charge in [-0.3, -0.25) is 4.79 Å². The van der Waals surface area contributed by atoms with Crippen molar-refractivity contribution in [2.45, 2.75) is 13.5 Å². The van der Waals surface area contributed by atoms with E-state index in [1.165, 1.54) is 23.7 Å². The minimum absolute atomic E-state index is 0.347. The summed E-state index contributed by atoms with van der Waals surface area (Å²) in [5, 5.41) is 10.2. The van der Waals surface area contributed by atoms with Crippen LogP contribution in [0.5, 0.6) is 11.5 Å². The summed E-state index contributed by atoms with van der Waals surface area (Å²) in [6.45, 7) is 2.39. The topological polar surface area (TPSA) is 54.7 Å². The number of aromatic nitrogens is 1. The lowest BCUT2D eigenvalue weighted by atomic mass is 10.1. The van der Waals surface area contributed by atoms with E-state index in [0.717, 1.165) is 28.3 Å². The molecule has 0 aliphatic rings. The second kappa shape index (κ2) is 9.66. The van der Waals surface area contributed by atoms with Gasteiger partial charge in [-0.1, -0.05) is 60.0 Å². The summed E-state index contributed by atoms with van der Waals surface area (Å²) >= 11 is 1.51. The van der Waals surface area contributed by atoms with Crippen molar-refractivity contribution in [2.24, 2.45) is 0 Å². The molecule has 0 saturated heterocycles. The van der Waals surface area contributed by atoms with Gasteiger partial charge in [-0.15, -0.1) is 0 Å². The number of benzene rings is 3. The zero-order valence-electron chi connectivity index (χ0n) is 17.9. The lowest BCUT2D eigenvalue weighted by Gasteiger charge is -2.22. The highest BCUT2D eigenvalue weighted by Crippen LogP contribution is 2.28. The van der Waals surface area contributed by atoms with Gasteiger partial charge in [-0.2, -0.15) is 4.73 Å². The third kappa shape index (κ3) is 4.98. The molecular weight excluding hydrogens is 420 g/mol. The highest BCUT2D eigenvalue weighted by molar-refractivity contribution is 7.99. The number of hydrogen-bond donors (Lipinski definition) is 1. The molecule has 0 atom stereocenters. The maximum Gasteiger partial charge on any atom is 0.287 e. The summed E-state index contributed by atoms with van der Waals surface area (Å²) < 4.78 is 8.57. The molecule has 0 spiro atoms. The van der Waals surface area contributed by atoms with E-state index in [1.54, 1.807) is 0 Å². The maximum atomic E-state index is 12.6. The Balaban J connectivity index is 1.55. The van der Waals surface area contributed by atoms with E-state index in [4.69, 9.17) is 4.74 Å². The first kappa shape index (κ1) is 21.6. The molecule has 5 nitrogen and oxygen atoms in total. The van der Waals surface area contributed by atoms with Crippen molar-refractivity contribution >= 4 is 17.6 Å². The quantitative estimate of drug-likeness (QED) is 0.274. The van der Waals surface area contributed by atoms with Gasteiger partial charge in [0.2, 0.25) is 0 Å². The molecule has 0 bridgehead atoms. The molecule has 0 amide bonds. The van der Waals surface area contributed by atoms with Crippen LogP contribution in [0.3, 0.4) is 0 Å². The van der Waals surface area contributed by atoms with Crippen molar-refractivity contribution in [3.8, 4) is 22.6 Å². The standard InChI is InChI=1S/C26H24N2O3S/c1-19-8-12-24(13-9-19)31-25-14-10-23(11-15-25)28(32-2)18-22-16-21(17-27(30)26(22)29)20-6-4-3-5-7-20/h3-17,30H,18H2,1-2H3. The molecular formula is C26H24N2O3S. The Morgan fingerprint density at radius 3 is 2.16 bits per heavy atom. The average molecular weight is 445 g/mol. The predicted molar refractivity (Wildman–Crippen MR) is 131 cm³/mol. The van der Waals surface area contributed by atoms with E-state index >= 15 is 0 Å². The van der Waals surface area contributed by atoms with Gasteiger partial charge in [-0.05, 0) is 55.0 Å². The number of rotatable bonds is 7. The van der Waals surface area contributed by atoms with Gasteiger partial charge in [-0.25, -0.2) is 0 Å². The Morgan fingerprint density at radius 1 is 0.906 bits per heavy atom. The largest absolute Gasteiger partial charge is 0.457 e. The summed E-state index contributed by atoms with van der Waals surface area (Å²) in [5.41, 5.74) is 3.91. The number of ether oxygens (including phenoxy) is 1. The number of nitrogens with zero attached hydrogens (tertiary/aromatic N) is 2. The van der Waals surface area contributed by atoms with E-state index in [9.17, 15) is 10.0 Å². The fourth-order valence-electron chi connectivity index (χ4n) is 3.36. The van der Waals surface area contributed by atoms with Gasteiger partial charge in [0.15, 0.2) is 0 Å². The smallest absolute Gasteiger partial charge is 0.287 e. The van der Waals surface area contributed by atoms with Crippen molar-refractivity contribution in [3.05, 3.63) is 113 Å². The van der Waals surface area contributed by atoms with Crippen LogP contribution in [0.4, 0.5) is 5.69 Å². The monoisotopic (exact) mass is 444 g/mol. The second-order valence-electron chi connectivity index (χ2n) is 7.40.